The smallest absolute Gasteiger partial charge is 0.256 e. The van der Waals surface area contributed by atoms with Crippen molar-refractivity contribution in [1.82, 2.24) is 24.8 Å². The minimum Gasteiger partial charge on any atom is -0.451 e. The van der Waals surface area contributed by atoms with Gasteiger partial charge in [0.1, 0.15) is 16.8 Å². The van der Waals surface area contributed by atoms with Gasteiger partial charge in [0, 0.05) is 49.8 Å². The Labute approximate surface area is 273 Å². The van der Waals surface area contributed by atoms with Gasteiger partial charge in [-0.25, -0.2) is 4.39 Å². The van der Waals surface area contributed by atoms with Crippen LogP contribution in [-0.2, 0) is 0 Å². The average molecular weight is 635 g/mol. The van der Waals surface area contributed by atoms with E-state index in [9.17, 15) is 9.59 Å². The summed E-state index contributed by atoms with van der Waals surface area (Å²) in [5.41, 5.74) is 1.73. The van der Waals surface area contributed by atoms with Crippen LogP contribution < -0.4 is 20.4 Å². The summed E-state index contributed by atoms with van der Waals surface area (Å²) in [5.74, 6) is -0.164. The topological polar surface area (TPSA) is 92.6 Å². The molecule has 2 aliphatic heterocycles. The number of anilines is 1. The van der Waals surface area contributed by atoms with Gasteiger partial charge in [0.2, 0.25) is 5.43 Å². The molecule has 47 heavy (non-hydrogen) atoms. The van der Waals surface area contributed by atoms with Gasteiger partial charge >= 0.3 is 0 Å². The Morgan fingerprint density at radius 3 is 2.68 bits per heavy atom. The van der Waals surface area contributed by atoms with Gasteiger partial charge in [-0.05, 0) is 74.8 Å². The number of amides is 1. The highest BCUT2D eigenvalue weighted by atomic mass is 19.1. The van der Waals surface area contributed by atoms with Crippen LogP contribution in [0.15, 0.2) is 72.0 Å². The minimum absolute atomic E-state index is 0.0314. The van der Waals surface area contributed by atoms with Crippen molar-refractivity contribution >= 4 is 33.3 Å². The van der Waals surface area contributed by atoms with Gasteiger partial charge in [-0.15, -0.1) is 0 Å². The van der Waals surface area contributed by atoms with E-state index in [2.05, 4.69) is 34.0 Å². The maximum Gasteiger partial charge on any atom is 0.256 e. The Morgan fingerprint density at radius 1 is 1.15 bits per heavy atom. The van der Waals surface area contributed by atoms with Gasteiger partial charge in [-0.2, -0.15) is 0 Å². The van der Waals surface area contributed by atoms with Crippen LogP contribution in [0, 0.1) is 5.82 Å². The second kappa shape index (κ2) is 12.8. The Morgan fingerprint density at radius 2 is 1.94 bits per heavy atom. The molecule has 2 atom stereocenters. The predicted molar refractivity (Wildman–Crippen MR) is 183 cm³/mol. The average Bonchev–Trinajstić information content (AvgIpc) is 3.57. The van der Waals surface area contributed by atoms with Crippen LogP contribution in [0.5, 0.6) is 11.5 Å². The standard InChI is InChI=1S/C37H39FN6O3/c1-4-42(5-2)15-8-9-23(3)41-37(46)28-22-44-31-17-24-10-6-7-11-25(24)18-32(31)47-36-33(44)27(35(28)45)19-29(38)34(36)43-16-12-26(21-43)30-20-39-13-14-40-30/h6-7,10-11,13-14,17-20,22-23,26H,4-5,8-9,12,15-16,21H2,1-3H3,(H,41,46). The van der Waals surface area contributed by atoms with Gasteiger partial charge < -0.3 is 24.4 Å². The Kier molecular flexibility index (Phi) is 8.36. The monoisotopic (exact) mass is 634 g/mol. The molecule has 10 heteroatoms. The van der Waals surface area contributed by atoms with Gasteiger partial charge in [0.15, 0.2) is 17.3 Å². The lowest BCUT2D eigenvalue weighted by atomic mass is 10.0. The molecule has 242 valence electrons. The third-order valence-electron chi connectivity index (χ3n) is 9.60. The number of hydrogen-bond donors (Lipinski definition) is 1. The molecule has 1 amide bonds. The summed E-state index contributed by atoms with van der Waals surface area (Å²) in [6.07, 6.45) is 9.13. The second-order valence-corrected chi connectivity index (χ2v) is 12.5. The SMILES string of the molecule is CCN(CC)CCCC(C)NC(=O)c1cn2c3c(c(N4CCC(c5cnccn5)C4)c(F)cc3c1=O)Oc1cc3ccccc3cc1-2. The van der Waals surface area contributed by atoms with Crippen molar-refractivity contribution in [3.63, 3.8) is 0 Å². The summed E-state index contributed by atoms with van der Waals surface area (Å²) in [4.78, 5) is 40.7. The summed E-state index contributed by atoms with van der Waals surface area (Å²) < 4.78 is 24.7. The third kappa shape index (κ3) is 5.71. The molecule has 1 fully saturated rings. The first-order chi connectivity index (χ1) is 22.9. The third-order valence-corrected chi connectivity index (χ3v) is 9.60. The molecule has 4 heterocycles. The normalized spacial score (nSPS) is 16.0. The van der Waals surface area contributed by atoms with E-state index in [1.807, 2.05) is 52.8 Å². The first-order valence-electron chi connectivity index (χ1n) is 16.5. The molecule has 0 bridgehead atoms. The van der Waals surface area contributed by atoms with E-state index in [-0.39, 0.29) is 28.7 Å². The Hall–Kier alpha value is -4.83. The molecule has 1 N–H and O–H groups in total. The molecular formula is C37H39FN6O3. The van der Waals surface area contributed by atoms with Crippen molar-refractivity contribution in [2.45, 2.75) is 52.0 Å². The highest BCUT2D eigenvalue weighted by Crippen LogP contribution is 2.48. The maximum atomic E-state index is 16.3. The molecule has 5 aromatic rings. The molecular weight excluding hydrogens is 595 g/mol. The molecule has 2 aliphatic rings. The number of benzene rings is 3. The van der Waals surface area contributed by atoms with Gasteiger partial charge in [-0.1, -0.05) is 38.1 Å². The van der Waals surface area contributed by atoms with E-state index in [0.717, 1.165) is 55.4 Å². The maximum absolute atomic E-state index is 16.3. The van der Waals surface area contributed by atoms with Gasteiger partial charge in [-0.3, -0.25) is 19.6 Å². The van der Waals surface area contributed by atoms with Crippen LogP contribution in [0.4, 0.5) is 10.1 Å². The number of carbonyl (C=O) groups excluding carboxylic acids is 1. The number of fused-ring (bicyclic) bond motifs is 3. The zero-order chi connectivity index (χ0) is 32.7. The number of rotatable bonds is 10. The van der Waals surface area contributed by atoms with Gasteiger partial charge in [0.05, 0.1) is 16.8 Å². The predicted octanol–water partition coefficient (Wildman–Crippen LogP) is 6.41. The van der Waals surface area contributed by atoms with E-state index in [1.165, 1.54) is 6.07 Å². The van der Waals surface area contributed by atoms with E-state index in [4.69, 9.17) is 4.74 Å². The number of ether oxygens (including phenoxy) is 1. The first kappa shape index (κ1) is 30.8. The number of nitrogens with one attached hydrogen (secondary N) is 1. The fourth-order valence-corrected chi connectivity index (χ4v) is 7.01. The largest absolute Gasteiger partial charge is 0.451 e. The summed E-state index contributed by atoms with van der Waals surface area (Å²) in [6, 6.07) is 13.0. The molecule has 2 unspecified atom stereocenters. The van der Waals surface area contributed by atoms with E-state index in [0.29, 0.717) is 35.7 Å². The van der Waals surface area contributed by atoms with Crippen molar-refractivity contribution in [1.29, 1.82) is 0 Å². The van der Waals surface area contributed by atoms with Crippen LogP contribution in [0.2, 0.25) is 0 Å². The summed E-state index contributed by atoms with van der Waals surface area (Å²) in [7, 11) is 0. The van der Waals surface area contributed by atoms with Crippen LogP contribution in [0.1, 0.15) is 62.0 Å². The lowest BCUT2D eigenvalue weighted by Gasteiger charge is -2.29. The van der Waals surface area contributed by atoms with Crippen molar-refractivity contribution in [3.05, 3.63) is 94.5 Å². The summed E-state index contributed by atoms with van der Waals surface area (Å²) in [5, 5.41) is 5.07. The molecule has 0 saturated carbocycles. The summed E-state index contributed by atoms with van der Waals surface area (Å²) in [6.45, 7) is 10.2. The lowest BCUT2D eigenvalue weighted by molar-refractivity contribution is 0.0935. The van der Waals surface area contributed by atoms with Crippen LogP contribution >= 0.6 is 0 Å². The molecule has 0 aliphatic carbocycles. The number of halogens is 1. The molecule has 1 saturated heterocycles. The molecule has 7 rings (SSSR count). The lowest BCUT2D eigenvalue weighted by Crippen LogP contribution is -2.37. The fraction of sp³-hybridized carbons (Fsp3) is 0.351. The first-order valence-corrected chi connectivity index (χ1v) is 16.5. The molecule has 2 aromatic heterocycles. The van der Waals surface area contributed by atoms with Crippen molar-refractivity contribution in [2.24, 2.45) is 0 Å². The number of nitrogens with zero attached hydrogens (tertiary/aromatic N) is 5. The van der Waals surface area contributed by atoms with Crippen molar-refractivity contribution in [3.8, 4) is 17.2 Å². The molecule has 0 radical (unpaired) electrons. The van der Waals surface area contributed by atoms with Crippen LogP contribution in [0.3, 0.4) is 0 Å². The van der Waals surface area contributed by atoms with E-state index < -0.39 is 17.2 Å². The number of carbonyl (C=O) groups is 1. The van der Waals surface area contributed by atoms with E-state index >= 15 is 4.39 Å². The van der Waals surface area contributed by atoms with Crippen LogP contribution in [0.25, 0.3) is 27.4 Å². The van der Waals surface area contributed by atoms with Crippen molar-refractivity contribution < 1.29 is 13.9 Å². The fourth-order valence-electron chi connectivity index (χ4n) is 7.01. The molecule has 9 nitrogen and oxygen atoms in total. The highest BCUT2D eigenvalue weighted by Gasteiger charge is 2.34. The zero-order valence-corrected chi connectivity index (χ0v) is 27.0. The highest BCUT2D eigenvalue weighted by molar-refractivity contribution is 6.02. The Balaban J connectivity index is 1.31. The van der Waals surface area contributed by atoms with Crippen LogP contribution in [-0.4, -0.2) is 64.1 Å². The van der Waals surface area contributed by atoms with Crippen molar-refractivity contribution in [2.75, 3.05) is 37.6 Å². The molecule has 0 spiro atoms. The number of hydrogen-bond acceptors (Lipinski definition) is 7. The van der Waals surface area contributed by atoms with E-state index in [1.54, 1.807) is 24.8 Å². The summed E-state index contributed by atoms with van der Waals surface area (Å²) >= 11 is 0. The molecule has 3 aromatic carbocycles. The number of pyridine rings is 1. The zero-order valence-electron chi connectivity index (χ0n) is 27.0. The number of aromatic nitrogens is 3. The van der Waals surface area contributed by atoms with Gasteiger partial charge in [0.25, 0.3) is 5.91 Å². The second-order valence-electron chi connectivity index (χ2n) is 12.5. The quantitative estimate of drug-likeness (QED) is 0.186. The Bertz CT molecular complexity index is 2030. The minimum atomic E-state index is -0.567.